The molecule has 1 aromatic rings. The first kappa shape index (κ1) is 22.7. The minimum Gasteiger partial charge on any atom is -0.391 e. The second kappa shape index (κ2) is 7.90. The monoisotopic (exact) mass is 426 g/mol. The van der Waals surface area contributed by atoms with Gasteiger partial charge in [0.1, 0.15) is 18.2 Å². The second-order valence-corrected chi connectivity index (χ2v) is 9.70. The maximum absolute atomic E-state index is 13.6. The summed E-state index contributed by atoms with van der Waals surface area (Å²) in [5.41, 5.74) is 0.765. The van der Waals surface area contributed by atoms with Gasteiger partial charge in [0, 0.05) is 32.4 Å². The number of amides is 1. The molecule has 1 fully saturated rings. The van der Waals surface area contributed by atoms with Crippen LogP contribution in [-0.2, 0) is 4.79 Å². The summed E-state index contributed by atoms with van der Waals surface area (Å²) in [6.45, 7) is 9.96. The topological polar surface area (TPSA) is 82.2 Å². The first-order valence-corrected chi connectivity index (χ1v) is 10.4. The summed E-state index contributed by atoms with van der Waals surface area (Å²) < 4.78 is 32.7. The van der Waals surface area contributed by atoms with Crippen LogP contribution in [0.4, 0.5) is 8.78 Å². The van der Waals surface area contributed by atoms with Gasteiger partial charge in [0.25, 0.3) is 5.92 Å². The quantitative estimate of drug-likeness (QED) is 0.756. The van der Waals surface area contributed by atoms with E-state index in [2.05, 4.69) is 10.3 Å². The van der Waals surface area contributed by atoms with Crippen molar-refractivity contribution in [2.45, 2.75) is 83.9 Å². The van der Waals surface area contributed by atoms with Crippen LogP contribution in [0, 0.1) is 12.8 Å². The summed E-state index contributed by atoms with van der Waals surface area (Å²) in [5, 5.41) is 20.1. The zero-order chi connectivity index (χ0) is 22.4. The van der Waals surface area contributed by atoms with Gasteiger partial charge in [0.05, 0.1) is 29.1 Å². The van der Waals surface area contributed by atoms with Gasteiger partial charge in [-0.15, -0.1) is 0 Å². The van der Waals surface area contributed by atoms with Crippen molar-refractivity contribution in [3.05, 3.63) is 17.5 Å². The SMILES string of the molecule is Cc1cc(C(C(=O)N2C[C@H](O)C[C@H]2C2=NN(CC(C)(F)F)C(C)(C)C2)C(C)C)on1. The molecule has 30 heavy (non-hydrogen) atoms. The molecule has 3 heterocycles. The van der Waals surface area contributed by atoms with Gasteiger partial charge in [-0.05, 0) is 26.7 Å². The molecule has 2 aliphatic heterocycles. The first-order chi connectivity index (χ1) is 13.8. The summed E-state index contributed by atoms with van der Waals surface area (Å²) >= 11 is 0. The number of aliphatic hydroxyl groups excluding tert-OH is 1. The van der Waals surface area contributed by atoms with Gasteiger partial charge in [-0.25, -0.2) is 8.78 Å². The van der Waals surface area contributed by atoms with E-state index in [9.17, 15) is 18.7 Å². The normalized spacial score (nSPS) is 25.2. The lowest BCUT2D eigenvalue weighted by Gasteiger charge is -2.32. The molecule has 1 N–H and O–H groups in total. The summed E-state index contributed by atoms with van der Waals surface area (Å²) in [4.78, 5) is 15.2. The van der Waals surface area contributed by atoms with Gasteiger partial charge in [0.15, 0.2) is 0 Å². The fourth-order valence-corrected chi connectivity index (χ4v) is 4.37. The van der Waals surface area contributed by atoms with Crippen LogP contribution < -0.4 is 0 Å². The number of nitrogens with zero attached hydrogens (tertiary/aromatic N) is 4. The van der Waals surface area contributed by atoms with Gasteiger partial charge in [-0.2, -0.15) is 5.10 Å². The number of aromatic nitrogens is 1. The van der Waals surface area contributed by atoms with E-state index in [0.717, 1.165) is 6.92 Å². The van der Waals surface area contributed by atoms with Crippen molar-refractivity contribution < 1.29 is 23.2 Å². The zero-order valence-corrected chi connectivity index (χ0v) is 18.5. The van der Waals surface area contributed by atoms with Crippen LogP contribution in [-0.4, -0.2) is 68.5 Å². The second-order valence-electron chi connectivity index (χ2n) is 9.70. The van der Waals surface area contributed by atoms with Crippen molar-refractivity contribution in [2.75, 3.05) is 13.1 Å². The summed E-state index contributed by atoms with van der Waals surface area (Å²) in [6.07, 6.45) is 0.116. The molecular formula is C21H32F2N4O3. The highest BCUT2D eigenvalue weighted by atomic mass is 19.3. The smallest absolute Gasteiger partial charge is 0.264 e. The average Bonchev–Trinajstić information content (AvgIpc) is 3.24. The van der Waals surface area contributed by atoms with Gasteiger partial charge < -0.3 is 14.5 Å². The number of likely N-dealkylation sites (tertiary alicyclic amines) is 1. The maximum Gasteiger partial charge on any atom is 0.264 e. The fourth-order valence-electron chi connectivity index (χ4n) is 4.37. The van der Waals surface area contributed by atoms with Crippen LogP contribution in [0.3, 0.4) is 0 Å². The highest BCUT2D eigenvalue weighted by Crippen LogP contribution is 2.36. The zero-order valence-electron chi connectivity index (χ0n) is 18.5. The van der Waals surface area contributed by atoms with Crippen molar-refractivity contribution in [3.8, 4) is 0 Å². The van der Waals surface area contributed by atoms with Crippen LogP contribution in [0.25, 0.3) is 0 Å². The van der Waals surface area contributed by atoms with Gasteiger partial charge in [-0.1, -0.05) is 19.0 Å². The maximum atomic E-state index is 13.6. The Morgan fingerprint density at radius 1 is 1.43 bits per heavy atom. The molecule has 9 heteroatoms. The number of halogens is 2. The minimum absolute atomic E-state index is 0.0412. The molecule has 1 unspecified atom stereocenters. The molecular weight excluding hydrogens is 394 g/mol. The average molecular weight is 427 g/mol. The Balaban J connectivity index is 1.88. The molecule has 1 aromatic heterocycles. The minimum atomic E-state index is -2.88. The van der Waals surface area contributed by atoms with Crippen molar-refractivity contribution in [1.29, 1.82) is 0 Å². The van der Waals surface area contributed by atoms with Crippen molar-refractivity contribution in [3.63, 3.8) is 0 Å². The molecule has 7 nitrogen and oxygen atoms in total. The third-order valence-corrected chi connectivity index (χ3v) is 5.82. The predicted octanol–water partition coefficient (Wildman–Crippen LogP) is 3.18. The number of carbonyl (C=O) groups is 1. The number of alkyl halides is 2. The number of hydrogen-bond donors (Lipinski definition) is 1. The van der Waals surface area contributed by atoms with Crippen molar-refractivity contribution in [1.82, 2.24) is 15.1 Å². The molecule has 3 atom stereocenters. The Bertz CT molecular complexity index is 815. The molecule has 3 rings (SSSR count). The lowest BCUT2D eigenvalue weighted by molar-refractivity contribution is -0.134. The van der Waals surface area contributed by atoms with E-state index in [1.54, 1.807) is 17.9 Å². The number of aryl methyl sites for hydroxylation is 1. The van der Waals surface area contributed by atoms with E-state index in [-0.39, 0.29) is 18.4 Å². The van der Waals surface area contributed by atoms with Gasteiger partial charge in [-0.3, -0.25) is 9.80 Å². The Labute approximate surface area is 176 Å². The molecule has 2 aliphatic rings. The highest BCUT2D eigenvalue weighted by molar-refractivity contribution is 5.96. The van der Waals surface area contributed by atoms with E-state index in [1.807, 2.05) is 27.7 Å². The summed E-state index contributed by atoms with van der Waals surface area (Å²) in [6, 6.07) is 1.33. The molecule has 1 saturated heterocycles. The van der Waals surface area contributed by atoms with E-state index >= 15 is 0 Å². The van der Waals surface area contributed by atoms with Gasteiger partial charge in [0.2, 0.25) is 5.91 Å². The van der Waals surface area contributed by atoms with E-state index in [1.165, 1.54) is 5.01 Å². The van der Waals surface area contributed by atoms with Crippen LogP contribution >= 0.6 is 0 Å². The van der Waals surface area contributed by atoms with E-state index in [0.29, 0.717) is 30.0 Å². The molecule has 0 radical (unpaired) electrons. The molecule has 0 spiro atoms. The highest BCUT2D eigenvalue weighted by Gasteiger charge is 2.47. The first-order valence-electron chi connectivity index (χ1n) is 10.4. The summed E-state index contributed by atoms with van der Waals surface area (Å²) in [5.74, 6) is -3.13. The van der Waals surface area contributed by atoms with Crippen LogP contribution in [0.1, 0.15) is 64.8 Å². The number of rotatable bonds is 6. The lowest BCUT2D eigenvalue weighted by Crippen LogP contribution is -2.45. The van der Waals surface area contributed by atoms with Crippen LogP contribution in [0.15, 0.2) is 15.7 Å². The molecule has 168 valence electrons. The van der Waals surface area contributed by atoms with Crippen LogP contribution in [0.2, 0.25) is 0 Å². The largest absolute Gasteiger partial charge is 0.391 e. The number of β-amino-alcohol motifs (C(OH)–C–C–N with tert-alkyl or cyclic N) is 1. The van der Waals surface area contributed by atoms with E-state index in [4.69, 9.17) is 4.52 Å². The number of hydrazone groups is 1. The summed E-state index contributed by atoms with van der Waals surface area (Å²) in [7, 11) is 0. The molecule has 0 aliphatic carbocycles. The third-order valence-electron chi connectivity index (χ3n) is 5.82. The standard InChI is InChI=1S/C21H32F2N4O3/c1-12(2)18(17-7-13(3)25-30-17)19(29)26-10-14(28)8-16(26)15-9-20(4,5)27(24-15)11-21(6,22)23/h7,12,14,16,18,28H,8-11H2,1-6H3/t14-,16+,18?/m1/s1. The number of hydrogen-bond acceptors (Lipinski definition) is 6. The van der Waals surface area contributed by atoms with Crippen LogP contribution in [0.5, 0.6) is 0 Å². The molecule has 1 amide bonds. The Morgan fingerprint density at radius 2 is 2.10 bits per heavy atom. The lowest BCUT2D eigenvalue weighted by atomic mass is 9.90. The number of aliphatic hydroxyl groups is 1. The fraction of sp³-hybridized carbons (Fsp3) is 0.762. The third kappa shape index (κ3) is 4.66. The Morgan fingerprint density at radius 3 is 2.63 bits per heavy atom. The Hall–Kier alpha value is -2.03. The predicted molar refractivity (Wildman–Crippen MR) is 108 cm³/mol. The van der Waals surface area contributed by atoms with Crippen molar-refractivity contribution >= 4 is 11.6 Å². The molecule has 0 bridgehead atoms. The molecule has 0 aromatic carbocycles. The molecule has 0 saturated carbocycles. The van der Waals surface area contributed by atoms with Crippen molar-refractivity contribution in [2.24, 2.45) is 11.0 Å². The Kier molecular flexibility index (Phi) is 5.97. The van der Waals surface area contributed by atoms with E-state index < -0.39 is 36.1 Å². The van der Waals surface area contributed by atoms with Gasteiger partial charge >= 0.3 is 0 Å². The number of carbonyl (C=O) groups excluding carboxylic acids is 1.